The van der Waals surface area contributed by atoms with Gasteiger partial charge in [0.05, 0.1) is 11.2 Å². The van der Waals surface area contributed by atoms with Gasteiger partial charge in [-0.25, -0.2) is 0 Å². The lowest BCUT2D eigenvalue weighted by molar-refractivity contribution is 0.00578. The van der Waals surface area contributed by atoms with Gasteiger partial charge < -0.3 is 14.0 Å². The molecule has 28 heavy (non-hydrogen) atoms. The van der Waals surface area contributed by atoms with Gasteiger partial charge in [-0.15, -0.1) is 0 Å². The van der Waals surface area contributed by atoms with E-state index < -0.39 is 26.4 Å². The van der Waals surface area contributed by atoms with Crippen LogP contribution in [0, 0.1) is 0 Å². The average Bonchev–Trinajstić information content (AvgIpc) is 2.80. The van der Waals surface area contributed by atoms with E-state index in [1.807, 2.05) is 52.0 Å². The molecule has 7 heteroatoms. The van der Waals surface area contributed by atoms with Crippen LogP contribution in [0.3, 0.4) is 0 Å². The van der Waals surface area contributed by atoms with Crippen LogP contribution in [0.25, 0.3) is 10.8 Å². The van der Waals surface area contributed by atoms with Crippen LogP contribution in [-0.2, 0) is 20.8 Å². The van der Waals surface area contributed by atoms with Gasteiger partial charge in [-0.05, 0) is 50.7 Å². The molecule has 0 atom stereocenters. The first-order valence-corrected chi connectivity index (χ1v) is 13.7. The predicted molar refractivity (Wildman–Crippen MR) is 118 cm³/mol. The third-order valence-corrected chi connectivity index (χ3v) is 7.48. The third kappa shape index (κ3) is 4.27. The van der Waals surface area contributed by atoms with Crippen LogP contribution < -0.4 is 11.0 Å². The van der Waals surface area contributed by atoms with E-state index in [2.05, 4.69) is 19.6 Å². The molecule has 0 radical (unpaired) electrons. The topological polar surface area (TPSA) is 49.7 Å². The van der Waals surface area contributed by atoms with Crippen LogP contribution >= 0.6 is 0 Å². The van der Waals surface area contributed by atoms with E-state index in [4.69, 9.17) is 14.0 Å². The van der Waals surface area contributed by atoms with Crippen molar-refractivity contribution >= 4 is 31.4 Å². The average molecular weight is 401 g/mol. The molecule has 0 N–H and O–H groups in total. The molecule has 3 rings (SSSR count). The van der Waals surface area contributed by atoms with Crippen molar-refractivity contribution in [2.24, 2.45) is 0 Å². The molecule has 0 bridgehead atoms. The van der Waals surface area contributed by atoms with Gasteiger partial charge in [-0.3, -0.25) is 9.36 Å². The molecule has 1 fully saturated rings. The molecule has 0 unspecified atom stereocenters. The van der Waals surface area contributed by atoms with Gasteiger partial charge in [0.25, 0.3) is 5.56 Å². The summed E-state index contributed by atoms with van der Waals surface area (Å²) in [6, 6.07) is 8.84. The Bertz CT molecular complexity index is 901. The van der Waals surface area contributed by atoms with E-state index in [1.165, 1.54) is 0 Å². The number of ether oxygens (including phenoxy) is 1. The molecular formula is C21H32BNO4Si. The summed E-state index contributed by atoms with van der Waals surface area (Å²) < 4.78 is 19.8. The molecule has 2 heterocycles. The lowest BCUT2D eigenvalue weighted by Crippen LogP contribution is -2.41. The number of benzene rings is 1. The van der Waals surface area contributed by atoms with E-state index in [-0.39, 0.29) is 12.3 Å². The Morgan fingerprint density at radius 2 is 1.71 bits per heavy atom. The highest BCUT2D eigenvalue weighted by molar-refractivity contribution is 6.76. The number of aromatic nitrogens is 1. The van der Waals surface area contributed by atoms with Gasteiger partial charge in [0.15, 0.2) is 0 Å². The highest BCUT2D eigenvalue weighted by Crippen LogP contribution is 2.36. The zero-order valence-corrected chi connectivity index (χ0v) is 19.2. The quantitative estimate of drug-likeness (QED) is 0.548. The van der Waals surface area contributed by atoms with Gasteiger partial charge >= 0.3 is 7.12 Å². The first kappa shape index (κ1) is 21.3. The fourth-order valence-corrected chi connectivity index (χ4v) is 3.92. The molecule has 1 aromatic carbocycles. The molecule has 0 saturated carbocycles. The van der Waals surface area contributed by atoms with E-state index in [1.54, 1.807) is 10.8 Å². The standard InChI is InChI=1S/C21H32BNO4Si/c1-20(2)21(3,4)27-22(26-20)17-10-8-9-16-11-12-23(19(24)18(16)17)15-25-13-14-28(5,6)7/h8-12H,13-15H2,1-7H3. The molecule has 152 valence electrons. The summed E-state index contributed by atoms with van der Waals surface area (Å²) in [7, 11) is -1.72. The van der Waals surface area contributed by atoms with Crippen LogP contribution in [0.1, 0.15) is 27.7 Å². The summed E-state index contributed by atoms with van der Waals surface area (Å²) in [5.74, 6) is 0. The van der Waals surface area contributed by atoms with E-state index >= 15 is 0 Å². The highest BCUT2D eigenvalue weighted by atomic mass is 28.3. The number of fused-ring (bicyclic) bond motifs is 1. The summed E-state index contributed by atoms with van der Waals surface area (Å²) in [5.41, 5.74) is -0.199. The molecule has 0 spiro atoms. The molecule has 0 aliphatic carbocycles. The second kappa shape index (κ2) is 7.45. The highest BCUT2D eigenvalue weighted by Gasteiger charge is 2.52. The number of hydrogen-bond donors (Lipinski definition) is 0. The number of rotatable bonds is 6. The number of nitrogens with zero attached hydrogens (tertiary/aromatic N) is 1. The fraction of sp³-hybridized carbons (Fsp3) is 0.571. The van der Waals surface area contributed by atoms with Crippen LogP contribution in [0.15, 0.2) is 35.3 Å². The Balaban J connectivity index is 1.90. The molecule has 0 amide bonds. The zero-order chi connectivity index (χ0) is 20.7. The molecule has 1 aliphatic heterocycles. The van der Waals surface area contributed by atoms with Crippen molar-refractivity contribution < 1.29 is 14.0 Å². The smallest absolute Gasteiger partial charge is 0.399 e. The second-order valence-corrected chi connectivity index (χ2v) is 15.5. The Morgan fingerprint density at radius 3 is 2.32 bits per heavy atom. The largest absolute Gasteiger partial charge is 0.495 e. The second-order valence-electron chi connectivity index (χ2n) is 9.84. The molecule has 1 aliphatic rings. The summed E-state index contributed by atoms with van der Waals surface area (Å²) in [6.07, 6.45) is 1.80. The molecule has 1 aromatic heterocycles. The van der Waals surface area contributed by atoms with Crippen molar-refractivity contribution in [3.8, 4) is 0 Å². The SMILES string of the molecule is CC1(C)OB(c2cccc3ccn(COCC[Si](C)(C)C)c(=O)c23)OC1(C)C. The van der Waals surface area contributed by atoms with Crippen molar-refractivity contribution in [2.75, 3.05) is 6.61 Å². The first-order chi connectivity index (χ1) is 12.9. The van der Waals surface area contributed by atoms with E-state index in [0.717, 1.165) is 16.9 Å². The van der Waals surface area contributed by atoms with Crippen LogP contribution in [0.2, 0.25) is 25.7 Å². The Kier molecular flexibility index (Phi) is 5.67. The number of pyridine rings is 1. The third-order valence-electron chi connectivity index (χ3n) is 5.77. The maximum absolute atomic E-state index is 13.2. The number of hydrogen-bond acceptors (Lipinski definition) is 4. The predicted octanol–water partition coefficient (Wildman–Crippen LogP) is 3.61. The van der Waals surface area contributed by atoms with E-state index in [9.17, 15) is 4.79 Å². The van der Waals surface area contributed by atoms with Crippen LogP contribution in [0.5, 0.6) is 0 Å². The van der Waals surface area contributed by atoms with Crippen molar-refractivity contribution in [3.63, 3.8) is 0 Å². The fourth-order valence-electron chi connectivity index (χ4n) is 3.17. The normalized spacial score (nSPS) is 18.8. The van der Waals surface area contributed by atoms with E-state index in [0.29, 0.717) is 12.0 Å². The van der Waals surface area contributed by atoms with Gasteiger partial charge in [-0.2, -0.15) is 0 Å². The monoisotopic (exact) mass is 401 g/mol. The molecule has 2 aromatic rings. The van der Waals surface area contributed by atoms with Gasteiger partial charge in [0, 0.05) is 26.3 Å². The lowest BCUT2D eigenvalue weighted by atomic mass is 9.76. The molecule has 5 nitrogen and oxygen atoms in total. The van der Waals surface area contributed by atoms with Crippen molar-refractivity contribution in [1.82, 2.24) is 4.57 Å². The van der Waals surface area contributed by atoms with Crippen LogP contribution in [-0.4, -0.2) is 37.6 Å². The lowest BCUT2D eigenvalue weighted by Gasteiger charge is -2.32. The summed E-state index contributed by atoms with van der Waals surface area (Å²) in [6.45, 7) is 16.0. The Morgan fingerprint density at radius 1 is 1.07 bits per heavy atom. The minimum Gasteiger partial charge on any atom is -0.399 e. The van der Waals surface area contributed by atoms with Gasteiger partial charge in [-0.1, -0.05) is 37.8 Å². The minimum atomic E-state index is -1.15. The maximum Gasteiger partial charge on any atom is 0.495 e. The van der Waals surface area contributed by atoms with Crippen molar-refractivity contribution in [2.45, 2.75) is 71.3 Å². The van der Waals surface area contributed by atoms with Gasteiger partial charge in [0.1, 0.15) is 6.73 Å². The van der Waals surface area contributed by atoms with Crippen molar-refractivity contribution in [1.29, 1.82) is 0 Å². The zero-order valence-electron chi connectivity index (χ0n) is 18.2. The molecular weight excluding hydrogens is 369 g/mol. The molecule has 1 saturated heterocycles. The summed E-state index contributed by atoms with van der Waals surface area (Å²) >= 11 is 0. The first-order valence-electron chi connectivity index (χ1n) is 9.97. The summed E-state index contributed by atoms with van der Waals surface area (Å²) in [5, 5.41) is 1.52. The van der Waals surface area contributed by atoms with Gasteiger partial charge in [0.2, 0.25) is 0 Å². The Hall–Kier alpha value is -1.41. The summed E-state index contributed by atoms with van der Waals surface area (Å²) in [4.78, 5) is 13.2. The minimum absolute atomic E-state index is 0.0733. The Labute approximate surface area is 169 Å². The van der Waals surface area contributed by atoms with Crippen molar-refractivity contribution in [3.05, 3.63) is 40.8 Å². The maximum atomic E-state index is 13.2. The van der Waals surface area contributed by atoms with Crippen LogP contribution in [0.4, 0.5) is 0 Å².